The molecular weight excluding hydrogens is 348 g/mol. The lowest BCUT2D eigenvalue weighted by Gasteiger charge is -2.08. The molecule has 1 aromatic heterocycles. The predicted molar refractivity (Wildman–Crippen MR) is 88.1 cm³/mol. The zero-order chi connectivity index (χ0) is 18.0. The first-order valence-corrected chi connectivity index (χ1v) is 8.47. The molecule has 0 N–H and O–H groups in total. The minimum atomic E-state index is -4.18. The first-order valence-electron chi connectivity index (χ1n) is 7.06. The minimum absolute atomic E-state index is 0.0229. The van der Waals surface area contributed by atoms with E-state index >= 15 is 0 Å². The molecule has 0 saturated carbocycles. The van der Waals surface area contributed by atoms with E-state index in [1.54, 1.807) is 12.1 Å². The lowest BCUT2D eigenvalue weighted by molar-refractivity contribution is 0.0600. The minimum Gasteiger partial charge on any atom is -0.465 e. The van der Waals surface area contributed by atoms with Crippen LogP contribution in [0.2, 0.25) is 0 Å². The van der Waals surface area contributed by atoms with E-state index in [-0.39, 0.29) is 21.8 Å². The van der Waals surface area contributed by atoms with Crippen molar-refractivity contribution in [3.8, 4) is 5.75 Å². The van der Waals surface area contributed by atoms with Crippen LogP contribution >= 0.6 is 0 Å². The number of fused-ring (bicyclic) bond motifs is 1. The highest BCUT2D eigenvalue weighted by Crippen LogP contribution is 2.23. The summed E-state index contributed by atoms with van der Waals surface area (Å²) >= 11 is 0. The van der Waals surface area contributed by atoms with Gasteiger partial charge in [0.2, 0.25) is 0 Å². The number of carbonyl (C=O) groups is 1. The lowest BCUT2D eigenvalue weighted by Crippen LogP contribution is -2.11. The Morgan fingerprint density at radius 2 is 1.80 bits per heavy atom. The number of carbonyl (C=O) groups excluding carboxylic acids is 1. The first-order chi connectivity index (χ1) is 11.9. The van der Waals surface area contributed by atoms with Crippen LogP contribution in [0.25, 0.3) is 11.0 Å². The molecule has 0 fully saturated rings. The second-order valence-corrected chi connectivity index (χ2v) is 6.56. The largest absolute Gasteiger partial charge is 0.465 e. The van der Waals surface area contributed by atoms with Gasteiger partial charge in [-0.05, 0) is 36.4 Å². The molecule has 0 saturated heterocycles. The molecule has 25 heavy (non-hydrogen) atoms. The average molecular weight is 360 g/mol. The second kappa shape index (κ2) is 6.40. The molecule has 3 rings (SSSR count). The van der Waals surface area contributed by atoms with Crippen molar-refractivity contribution in [1.82, 2.24) is 0 Å². The smallest absolute Gasteiger partial charge is 0.339 e. The molecule has 0 aliphatic carbocycles. The fourth-order valence-corrected chi connectivity index (χ4v) is 3.13. The van der Waals surface area contributed by atoms with Crippen molar-refractivity contribution in [2.24, 2.45) is 0 Å². The summed E-state index contributed by atoms with van der Waals surface area (Å²) in [6.45, 7) is 0. The van der Waals surface area contributed by atoms with Crippen LogP contribution in [0.15, 0.2) is 68.7 Å². The van der Waals surface area contributed by atoms with Gasteiger partial charge in [-0.1, -0.05) is 6.07 Å². The van der Waals surface area contributed by atoms with E-state index in [2.05, 4.69) is 4.74 Å². The van der Waals surface area contributed by atoms with Gasteiger partial charge < -0.3 is 13.3 Å². The highest BCUT2D eigenvalue weighted by atomic mass is 32.2. The van der Waals surface area contributed by atoms with Crippen LogP contribution in [0.3, 0.4) is 0 Å². The Kier molecular flexibility index (Phi) is 4.28. The molecule has 2 aromatic carbocycles. The third-order valence-corrected chi connectivity index (χ3v) is 4.59. The van der Waals surface area contributed by atoms with Gasteiger partial charge in [-0.15, -0.1) is 0 Å². The molecule has 7 nitrogen and oxygen atoms in total. The van der Waals surface area contributed by atoms with E-state index in [0.29, 0.717) is 5.39 Å². The molecule has 0 radical (unpaired) electrons. The Bertz CT molecular complexity index is 1110. The third kappa shape index (κ3) is 3.53. The number of ether oxygens (including phenoxy) is 1. The first kappa shape index (κ1) is 16.7. The van der Waals surface area contributed by atoms with Crippen LogP contribution in [-0.4, -0.2) is 21.5 Å². The fourth-order valence-electron chi connectivity index (χ4n) is 2.16. The van der Waals surface area contributed by atoms with Crippen LogP contribution < -0.4 is 9.81 Å². The van der Waals surface area contributed by atoms with E-state index in [1.165, 1.54) is 43.5 Å². The Morgan fingerprint density at radius 3 is 2.56 bits per heavy atom. The van der Waals surface area contributed by atoms with E-state index in [0.717, 1.165) is 6.07 Å². The highest BCUT2D eigenvalue weighted by molar-refractivity contribution is 7.87. The molecule has 0 aliphatic rings. The Hall–Kier alpha value is -3.13. The molecule has 8 heteroatoms. The summed E-state index contributed by atoms with van der Waals surface area (Å²) in [5, 5.41) is 0.622. The maximum absolute atomic E-state index is 12.4. The summed E-state index contributed by atoms with van der Waals surface area (Å²) in [6, 6.07) is 12.4. The van der Waals surface area contributed by atoms with Gasteiger partial charge in [0.1, 0.15) is 16.2 Å². The lowest BCUT2D eigenvalue weighted by atomic mass is 10.2. The number of hydrogen-bond donors (Lipinski definition) is 0. The Labute approximate surface area is 142 Å². The molecule has 128 valence electrons. The van der Waals surface area contributed by atoms with Gasteiger partial charge in [0, 0.05) is 17.5 Å². The van der Waals surface area contributed by atoms with Gasteiger partial charge in [0.05, 0.1) is 12.7 Å². The zero-order valence-electron chi connectivity index (χ0n) is 13.0. The van der Waals surface area contributed by atoms with Gasteiger partial charge in [0.25, 0.3) is 0 Å². The quantitative estimate of drug-likeness (QED) is 0.400. The third-order valence-electron chi connectivity index (χ3n) is 3.34. The van der Waals surface area contributed by atoms with Crippen LogP contribution in [0.5, 0.6) is 5.75 Å². The van der Waals surface area contributed by atoms with Crippen molar-refractivity contribution >= 4 is 27.1 Å². The molecule has 0 amide bonds. The summed E-state index contributed by atoms with van der Waals surface area (Å²) in [5.41, 5.74) is -0.279. The fraction of sp³-hybridized carbons (Fsp3) is 0.0588. The number of rotatable bonds is 4. The van der Waals surface area contributed by atoms with E-state index in [1.807, 2.05) is 0 Å². The van der Waals surface area contributed by atoms with E-state index < -0.39 is 21.7 Å². The molecule has 0 unspecified atom stereocenters. The Balaban J connectivity index is 1.96. The van der Waals surface area contributed by atoms with Crippen molar-refractivity contribution in [3.05, 3.63) is 70.6 Å². The summed E-state index contributed by atoms with van der Waals surface area (Å²) < 4.78 is 39.4. The SMILES string of the molecule is COC(=O)c1cccc(S(=O)(=O)Oc2ccc3ccc(=O)oc3c2)c1. The van der Waals surface area contributed by atoms with Crippen LogP contribution in [0.4, 0.5) is 0 Å². The van der Waals surface area contributed by atoms with Gasteiger partial charge in [-0.3, -0.25) is 0 Å². The average Bonchev–Trinajstić information content (AvgIpc) is 2.60. The van der Waals surface area contributed by atoms with Crippen LogP contribution in [0.1, 0.15) is 10.4 Å². The van der Waals surface area contributed by atoms with E-state index in [4.69, 9.17) is 8.60 Å². The topological polar surface area (TPSA) is 99.9 Å². The predicted octanol–water partition coefficient (Wildman–Crippen LogP) is 2.35. The summed E-state index contributed by atoms with van der Waals surface area (Å²) in [7, 11) is -2.99. The Morgan fingerprint density at radius 1 is 1.04 bits per heavy atom. The standard InChI is InChI=1S/C17H12O7S/c1-22-17(19)12-3-2-4-14(9-12)25(20,21)24-13-7-5-11-6-8-16(18)23-15(11)10-13/h2-10H,1H3. The maximum Gasteiger partial charge on any atom is 0.339 e. The normalized spacial score (nSPS) is 11.2. The van der Waals surface area contributed by atoms with Crippen LogP contribution in [-0.2, 0) is 14.9 Å². The summed E-state index contributed by atoms with van der Waals surface area (Å²) in [5.74, 6) is -0.685. The molecule has 3 aromatic rings. The summed E-state index contributed by atoms with van der Waals surface area (Å²) in [6.07, 6.45) is 0. The van der Waals surface area contributed by atoms with Gasteiger partial charge in [-0.2, -0.15) is 8.42 Å². The molecule has 0 bridgehead atoms. The number of methoxy groups -OCH3 is 1. The highest BCUT2D eigenvalue weighted by Gasteiger charge is 2.19. The maximum atomic E-state index is 12.4. The van der Waals surface area contributed by atoms with Gasteiger partial charge in [0.15, 0.2) is 0 Å². The number of esters is 1. The van der Waals surface area contributed by atoms with Crippen molar-refractivity contribution in [1.29, 1.82) is 0 Å². The van der Waals surface area contributed by atoms with Crippen molar-refractivity contribution < 1.29 is 26.5 Å². The molecule has 0 atom stereocenters. The molecular formula is C17H12O7S. The van der Waals surface area contributed by atoms with Crippen molar-refractivity contribution in [2.75, 3.05) is 7.11 Å². The number of benzene rings is 2. The molecule has 1 heterocycles. The second-order valence-electron chi connectivity index (χ2n) is 5.01. The summed E-state index contributed by atoms with van der Waals surface area (Å²) in [4.78, 5) is 22.6. The van der Waals surface area contributed by atoms with Crippen LogP contribution in [0, 0.1) is 0 Å². The van der Waals surface area contributed by atoms with Gasteiger partial charge >= 0.3 is 21.7 Å². The van der Waals surface area contributed by atoms with Gasteiger partial charge in [-0.25, -0.2) is 9.59 Å². The molecule has 0 aliphatic heterocycles. The van der Waals surface area contributed by atoms with Crippen molar-refractivity contribution in [2.45, 2.75) is 4.90 Å². The number of hydrogen-bond acceptors (Lipinski definition) is 7. The monoisotopic (exact) mass is 360 g/mol. The zero-order valence-corrected chi connectivity index (χ0v) is 13.8. The molecule has 0 spiro atoms. The van der Waals surface area contributed by atoms with E-state index in [9.17, 15) is 18.0 Å². The van der Waals surface area contributed by atoms with Crippen molar-refractivity contribution in [3.63, 3.8) is 0 Å².